The third kappa shape index (κ3) is 4.14. The summed E-state index contributed by atoms with van der Waals surface area (Å²) in [7, 11) is 1.48. The zero-order valence-corrected chi connectivity index (χ0v) is 17.2. The van der Waals surface area contributed by atoms with Gasteiger partial charge in [0.15, 0.2) is 17.6 Å². The Bertz CT molecular complexity index is 880. The van der Waals surface area contributed by atoms with Gasteiger partial charge in [0.25, 0.3) is 5.91 Å². The summed E-state index contributed by atoms with van der Waals surface area (Å²) >= 11 is 0. The number of hydrogen-bond donors (Lipinski definition) is 2. The van der Waals surface area contributed by atoms with E-state index in [0.717, 1.165) is 56.9 Å². The van der Waals surface area contributed by atoms with Crippen LogP contribution >= 0.6 is 0 Å². The van der Waals surface area contributed by atoms with Gasteiger partial charge in [-0.05, 0) is 43.2 Å². The highest BCUT2D eigenvalue weighted by Gasteiger charge is 2.36. The van der Waals surface area contributed by atoms with E-state index in [1.165, 1.54) is 22.5 Å². The molecule has 5 nitrogen and oxygen atoms in total. The molecule has 1 saturated heterocycles. The zero-order chi connectivity index (χ0) is 20.4. The molecule has 1 fully saturated rings. The average molecular weight is 400 g/mol. The molecule has 0 aliphatic carbocycles. The van der Waals surface area contributed by atoms with E-state index < -0.39 is 0 Å². The van der Waals surface area contributed by atoms with Crippen molar-refractivity contribution >= 4 is 11.6 Å². The van der Waals surface area contributed by atoms with Gasteiger partial charge in [0, 0.05) is 17.8 Å². The number of nitrogens with zero attached hydrogens (tertiary/aromatic N) is 1. The second kappa shape index (κ2) is 8.51. The SMILES string of the molecule is COc1ccc(C[NH+]2CC[NH+]([C@@H](C)C(=O)N3CCc4ccccc43)CC2)cc1F. The molecular formula is C23H30FN3O2+2. The zero-order valence-electron chi connectivity index (χ0n) is 17.2. The van der Waals surface area contributed by atoms with Gasteiger partial charge in [-0.1, -0.05) is 18.2 Å². The molecule has 0 radical (unpaired) electrons. The van der Waals surface area contributed by atoms with E-state index in [4.69, 9.17) is 4.74 Å². The van der Waals surface area contributed by atoms with Crippen molar-refractivity contribution in [2.75, 3.05) is 44.7 Å². The molecule has 0 bridgehead atoms. The Labute approximate surface area is 171 Å². The maximum Gasteiger partial charge on any atom is 0.284 e. The number of quaternary nitrogens is 2. The van der Waals surface area contributed by atoms with Crippen LogP contribution in [0.2, 0.25) is 0 Å². The van der Waals surface area contributed by atoms with Crippen LogP contribution in [0.3, 0.4) is 0 Å². The number of para-hydroxylation sites is 1. The first kappa shape index (κ1) is 19.9. The van der Waals surface area contributed by atoms with Gasteiger partial charge < -0.3 is 19.4 Å². The molecule has 1 atom stereocenters. The molecule has 2 aliphatic rings. The van der Waals surface area contributed by atoms with Crippen molar-refractivity contribution in [2.45, 2.75) is 25.9 Å². The normalized spacial score (nSPS) is 22.2. The lowest BCUT2D eigenvalue weighted by Gasteiger charge is -2.34. The van der Waals surface area contributed by atoms with Crippen LogP contribution < -0.4 is 19.4 Å². The van der Waals surface area contributed by atoms with E-state index in [0.29, 0.717) is 0 Å². The number of nitrogens with one attached hydrogen (secondary N) is 2. The number of rotatable bonds is 5. The fraction of sp³-hybridized carbons (Fsp3) is 0.435. The van der Waals surface area contributed by atoms with Gasteiger partial charge >= 0.3 is 0 Å². The van der Waals surface area contributed by atoms with Crippen molar-refractivity contribution in [1.29, 1.82) is 0 Å². The molecule has 0 aromatic heterocycles. The van der Waals surface area contributed by atoms with Crippen molar-refractivity contribution < 1.29 is 23.7 Å². The molecule has 4 rings (SSSR count). The number of piperazine rings is 1. The fourth-order valence-electron chi connectivity index (χ4n) is 4.62. The molecule has 2 aliphatic heterocycles. The quantitative estimate of drug-likeness (QED) is 0.748. The van der Waals surface area contributed by atoms with Crippen molar-refractivity contribution in [2.24, 2.45) is 0 Å². The van der Waals surface area contributed by atoms with E-state index in [1.54, 1.807) is 12.1 Å². The summed E-state index contributed by atoms with van der Waals surface area (Å²) in [6, 6.07) is 13.4. The molecule has 2 aromatic carbocycles. The first-order chi connectivity index (χ1) is 14.1. The molecule has 1 amide bonds. The number of anilines is 1. The van der Waals surface area contributed by atoms with Crippen LogP contribution in [0.1, 0.15) is 18.1 Å². The van der Waals surface area contributed by atoms with E-state index >= 15 is 0 Å². The van der Waals surface area contributed by atoms with E-state index in [9.17, 15) is 9.18 Å². The summed E-state index contributed by atoms with van der Waals surface area (Å²) in [5.41, 5.74) is 3.33. The number of hydrogen-bond acceptors (Lipinski definition) is 2. The fourth-order valence-corrected chi connectivity index (χ4v) is 4.62. The predicted octanol–water partition coefficient (Wildman–Crippen LogP) is 0.0955. The number of halogens is 1. The van der Waals surface area contributed by atoms with Crippen LogP contribution in [0.5, 0.6) is 5.75 Å². The minimum absolute atomic E-state index is 0.0406. The van der Waals surface area contributed by atoms with Gasteiger partial charge in [0.2, 0.25) is 0 Å². The minimum atomic E-state index is -0.307. The number of carbonyl (C=O) groups is 1. The standard InChI is InChI=1S/C23H28FN3O2/c1-17(23(28)27-10-9-19-5-3-4-6-21(19)27)26-13-11-25(12-14-26)16-18-7-8-22(29-2)20(24)15-18/h3-8,15,17H,9-14,16H2,1-2H3/p+2/t17-/m0/s1. The second-order valence-corrected chi connectivity index (χ2v) is 8.14. The number of methoxy groups -OCH3 is 1. The predicted molar refractivity (Wildman–Crippen MR) is 110 cm³/mol. The molecule has 2 aromatic rings. The Morgan fingerprint density at radius 2 is 1.93 bits per heavy atom. The lowest BCUT2D eigenvalue weighted by Crippen LogP contribution is -3.29. The first-order valence-electron chi connectivity index (χ1n) is 10.5. The van der Waals surface area contributed by atoms with Gasteiger partial charge in [-0.25, -0.2) is 4.39 Å². The highest BCUT2D eigenvalue weighted by molar-refractivity contribution is 5.97. The molecule has 154 valence electrons. The molecule has 2 N–H and O–H groups in total. The Kier molecular flexibility index (Phi) is 5.83. The first-order valence-corrected chi connectivity index (χ1v) is 10.5. The maximum absolute atomic E-state index is 13.9. The summed E-state index contributed by atoms with van der Waals surface area (Å²) in [6.45, 7) is 7.52. The Balaban J connectivity index is 1.32. The van der Waals surface area contributed by atoms with Crippen molar-refractivity contribution in [1.82, 2.24) is 0 Å². The number of amides is 1. The number of benzene rings is 2. The third-order valence-corrected chi connectivity index (χ3v) is 6.41. The van der Waals surface area contributed by atoms with Gasteiger partial charge in [-0.3, -0.25) is 4.79 Å². The smallest absolute Gasteiger partial charge is 0.284 e. The van der Waals surface area contributed by atoms with E-state index in [1.807, 2.05) is 23.1 Å². The van der Waals surface area contributed by atoms with Gasteiger partial charge in [0.05, 0.1) is 7.11 Å². The molecule has 0 spiro atoms. The molecular weight excluding hydrogens is 369 g/mol. The maximum atomic E-state index is 13.9. The van der Waals surface area contributed by atoms with Crippen LogP contribution in [0.4, 0.5) is 10.1 Å². The molecule has 29 heavy (non-hydrogen) atoms. The van der Waals surface area contributed by atoms with Gasteiger partial charge in [0.1, 0.15) is 32.7 Å². The van der Waals surface area contributed by atoms with Gasteiger partial charge in [-0.2, -0.15) is 0 Å². The number of carbonyl (C=O) groups excluding carboxylic acids is 1. The number of fused-ring (bicyclic) bond motifs is 1. The van der Waals surface area contributed by atoms with Crippen LogP contribution in [0.15, 0.2) is 42.5 Å². The largest absolute Gasteiger partial charge is 0.494 e. The molecule has 6 heteroatoms. The monoisotopic (exact) mass is 399 g/mol. The van der Waals surface area contributed by atoms with E-state index in [-0.39, 0.29) is 23.5 Å². The Hall–Kier alpha value is -2.44. The van der Waals surface area contributed by atoms with Crippen LogP contribution in [0.25, 0.3) is 0 Å². The van der Waals surface area contributed by atoms with Crippen LogP contribution in [0, 0.1) is 5.82 Å². The lowest BCUT2D eigenvalue weighted by molar-refractivity contribution is -1.02. The number of ether oxygens (including phenoxy) is 1. The van der Waals surface area contributed by atoms with Crippen molar-refractivity contribution in [3.8, 4) is 5.75 Å². The summed E-state index contributed by atoms with van der Waals surface area (Å²) in [6.07, 6.45) is 0.945. The second-order valence-electron chi connectivity index (χ2n) is 8.14. The van der Waals surface area contributed by atoms with Crippen molar-refractivity contribution in [3.05, 3.63) is 59.4 Å². The topological polar surface area (TPSA) is 38.4 Å². The lowest BCUT2D eigenvalue weighted by atomic mass is 10.1. The van der Waals surface area contributed by atoms with E-state index in [2.05, 4.69) is 19.1 Å². The summed E-state index contributed by atoms with van der Waals surface area (Å²) in [5, 5.41) is 0. The summed E-state index contributed by atoms with van der Waals surface area (Å²) < 4.78 is 18.9. The Morgan fingerprint density at radius 3 is 2.66 bits per heavy atom. The van der Waals surface area contributed by atoms with Crippen molar-refractivity contribution in [3.63, 3.8) is 0 Å². The average Bonchev–Trinajstić information content (AvgIpc) is 3.17. The minimum Gasteiger partial charge on any atom is -0.494 e. The van der Waals surface area contributed by atoms with Crippen LogP contribution in [-0.4, -0.2) is 51.8 Å². The molecule has 0 saturated carbocycles. The highest BCUT2D eigenvalue weighted by Crippen LogP contribution is 2.27. The summed E-state index contributed by atoms with van der Waals surface area (Å²) in [4.78, 5) is 17.9. The highest BCUT2D eigenvalue weighted by atomic mass is 19.1. The third-order valence-electron chi connectivity index (χ3n) is 6.41. The van der Waals surface area contributed by atoms with Gasteiger partial charge in [-0.15, -0.1) is 0 Å². The molecule has 0 unspecified atom stereocenters. The Morgan fingerprint density at radius 1 is 1.17 bits per heavy atom. The van der Waals surface area contributed by atoms with Crippen LogP contribution in [-0.2, 0) is 17.8 Å². The summed E-state index contributed by atoms with van der Waals surface area (Å²) in [5.74, 6) is 0.207. The molecule has 2 heterocycles.